The maximum Gasteiger partial charge on any atom is 0.341 e. The van der Waals surface area contributed by atoms with E-state index in [0.29, 0.717) is 5.02 Å². The number of aromatic nitrogens is 2. The quantitative estimate of drug-likeness (QED) is 0.814. The van der Waals surface area contributed by atoms with Crippen LogP contribution in [0.4, 0.5) is 8.78 Å². The molecule has 0 aliphatic heterocycles. The van der Waals surface area contributed by atoms with E-state index in [-0.39, 0.29) is 12.1 Å². The van der Waals surface area contributed by atoms with Gasteiger partial charge in [0, 0.05) is 11.2 Å². The summed E-state index contributed by atoms with van der Waals surface area (Å²) in [6.45, 7) is 0.233. The molecule has 0 spiro atoms. The number of benzene rings is 1. The van der Waals surface area contributed by atoms with Crippen LogP contribution in [0.1, 0.15) is 28.0 Å². The number of hydrogen-bond donors (Lipinski definition) is 0. The van der Waals surface area contributed by atoms with Crippen LogP contribution in [0.3, 0.4) is 0 Å². The van der Waals surface area contributed by atoms with Crippen LogP contribution in [0.2, 0.25) is 5.02 Å². The predicted octanol–water partition coefficient (Wildman–Crippen LogP) is 3.31. The van der Waals surface area contributed by atoms with Crippen molar-refractivity contribution < 1.29 is 18.3 Å². The van der Waals surface area contributed by atoms with Crippen molar-refractivity contribution in [3.63, 3.8) is 0 Å². The van der Waals surface area contributed by atoms with Crippen LogP contribution in [0.5, 0.6) is 0 Å². The molecular formula is C13H11ClF2N2O2. The van der Waals surface area contributed by atoms with Crippen molar-refractivity contribution in [3.05, 3.63) is 52.3 Å². The molecule has 0 fully saturated rings. The molecule has 0 aliphatic rings. The van der Waals surface area contributed by atoms with E-state index in [1.165, 1.54) is 10.9 Å². The second-order valence-electron chi connectivity index (χ2n) is 4.05. The van der Waals surface area contributed by atoms with E-state index in [9.17, 15) is 13.6 Å². The Morgan fingerprint density at radius 1 is 1.50 bits per heavy atom. The van der Waals surface area contributed by atoms with E-state index in [0.717, 1.165) is 12.7 Å². The Balaban J connectivity index is 2.31. The average Bonchev–Trinajstić information content (AvgIpc) is 2.82. The van der Waals surface area contributed by atoms with Crippen LogP contribution < -0.4 is 0 Å². The Morgan fingerprint density at radius 3 is 2.85 bits per heavy atom. The summed E-state index contributed by atoms with van der Waals surface area (Å²) < 4.78 is 31.4. The number of rotatable bonds is 4. The summed E-state index contributed by atoms with van der Waals surface area (Å²) in [7, 11) is 1.13. The molecule has 0 radical (unpaired) electrons. The lowest BCUT2D eigenvalue weighted by molar-refractivity contribution is 0.0589. The van der Waals surface area contributed by atoms with Crippen molar-refractivity contribution in [2.45, 2.75) is 13.0 Å². The van der Waals surface area contributed by atoms with E-state index in [2.05, 4.69) is 9.84 Å². The predicted molar refractivity (Wildman–Crippen MR) is 69.1 cm³/mol. The van der Waals surface area contributed by atoms with E-state index in [4.69, 9.17) is 11.6 Å². The zero-order valence-electron chi connectivity index (χ0n) is 10.5. The summed E-state index contributed by atoms with van der Waals surface area (Å²) in [6.07, 6.45) is -1.60. The molecule has 1 aromatic carbocycles. The Bertz CT molecular complexity index is 629. The molecular weight excluding hydrogens is 290 g/mol. The molecule has 7 heteroatoms. The number of ether oxygens (including phenoxy) is 1. The lowest BCUT2D eigenvalue weighted by atomic mass is 10.2. The van der Waals surface area contributed by atoms with Crippen molar-refractivity contribution in [2.24, 2.45) is 0 Å². The summed E-state index contributed by atoms with van der Waals surface area (Å²) in [5, 5.41) is 4.27. The van der Waals surface area contributed by atoms with Gasteiger partial charge in [0.05, 0.1) is 13.7 Å². The minimum Gasteiger partial charge on any atom is -0.465 e. The minimum atomic E-state index is -2.84. The van der Waals surface area contributed by atoms with Crippen molar-refractivity contribution in [1.82, 2.24) is 9.78 Å². The summed E-state index contributed by atoms with van der Waals surface area (Å²) in [4.78, 5) is 11.4. The van der Waals surface area contributed by atoms with E-state index >= 15 is 0 Å². The lowest BCUT2D eigenvalue weighted by Crippen LogP contribution is -2.03. The maximum atomic E-state index is 12.8. The Morgan fingerprint density at radius 2 is 2.25 bits per heavy atom. The molecule has 0 saturated heterocycles. The molecule has 1 aromatic heterocycles. The maximum absolute atomic E-state index is 12.8. The van der Waals surface area contributed by atoms with Crippen LogP contribution in [0.15, 0.2) is 30.5 Å². The number of alkyl halides is 2. The van der Waals surface area contributed by atoms with Gasteiger partial charge in [-0.3, -0.25) is 4.68 Å². The highest BCUT2D eigenvalue weighted by Crippen LogP contribution is 2.22. The third-order valence-electron chi connectivity index (χ3n) is 2.64. The molecule has 2 aromatic rings. The largest absolute Gasteiger partial charge is 0.465 e. The first kappa shape index (κ1) is 14.5. The molecule has 1 heterocycles. The molecule has 0 unspecified atom stereocenters. The van der Waals surface area contributed by atoms with Gasteiger partial charge in [-0.1, -0.05) is 23.7 Å². The molecule has 0 aliphatic carbocycles. The number of esters is 1. The van der Waals surface area contributed by atoms with Crippen molar-refractivity contribution in [1.29, 1.82) is 0 Å². The second-order valence-corrected chi connectivity index (χ2v) is 4.48. The fraction of sp³-hybridized carbons (Fsp3) is 0.231. The van der Waals surface area contributed by atoms with E-state index in [1.807, 2.05) is 0 Å². The highest BCUT2D eigenvalue weighted by molar-refractivity contribution is 6.30. The van der Waals surface area contributed by atoms with Gasteiger partial charge in [-0.25, -0.2) is 13.6 Å². The molecule has 4 nitrogen and oxygen atoms in total. The average molecular weight is 301 g/mol. The van der Waals surface area contributed by atoms with Crippen LogP contribution in [0.25, 0.3) is 0 Å². The monoisotopic (exact) mass is 300 g/mol. The highest BCUT2D eigenvalue weighted by atomic mass is 35.5. The zero-order chi connectivity index (χ0) is 14.7. The van der Waals surface area contributed by atoms with Gasteiger partial charge in [0.1, 0.15) is 11.3 Å². The SMILES string of the molecule is COC(=O)c1cn(Cc2cccc(Cl)c2)nc1C(F)F. The second kappa shape index (κ2) is 6.00. The van der Waals surface area contributed by atoms with Gasteiger partial charge >= 0.3 is 5.97 Å². The van der Waals surface area contributed by atoms with Gasteiger partial charge in [0.15, 0.2) is 0 Å². The number of hydrogen-bond acceptors (Lipinski definition) is 3. The molecule has 0 bridgehead atoms. The van der Waals surface area contributed by atoms with Crippen molar-refractivity contribution in [2.75, 3.05) is 7.11 Å². The van der Waals surface area contributed by atoms with Crippen LogP contribution in [-0.2, 0) is 11.3 Å². The van der Waals surface area contributed by atoms with Gasteiger partial charge in [-0.2, -0.15) is 5.10 Å². The minimum absolute atomic E-state index is 0.232. The summed E-state index contributed by atoms with van der Waals surface area (Å²) in [6, 6.07) is 6.94. The molecule has 0 atom stereocenters. The Hall–Kier alpha value is -1.95. The Kier molecular flexibility index (Phi) is 4.34. The first-order chi connectivity index (χ1) is 9.51. The van der Waals surface area contributed by atoms with E-state index < -0.39 is 18.1 Å². The Labute approximate surface area is 118 Å². The molecule has 0 saturated carbocycles. The van der Waals surface area contributed by atoms with Crippen LogP contribution >= 0.6 is 11.6 Å². The number of carbonyl (C=O) groups is 1. The van der Waals surface area contributed by atoms with Crippen molar-refractivity contribution in [3.8, 4) is 0 Å². The van der Waals surface area contributed by atoms with E-state index in [1.54, 1.807) is 24.3 Å². The molecule has 2 rings (SSSR count). The van der Waals surface area contributed by atoms with Crippen LogP contribution in [0, 0.1) is 0 Å². The fourth-order valence-corrected chi connectivity index (χ4v) is 1.98. The number of nitrogens with zero attached hydrogens (tertiary/aromatic N) is 2. The molecule has 20 heavy (non-hydrogen) atoms. The fourth-order valence-electron chi connectivity index (χ4n) is 1.77. The summed E-state index contributed by atoms with van der Waals surface area (Å²) in [5.41, 5.74) is -0.0272. The number of methoxy groups -OCH3 is 1. The molecule has 106 valence electrons. The highest BCUT2D eigenvalue weighted by Gasteiger charge is 2.23. The first-order valence-corrected chi connectivity index (χ1v) is 6.07. The molecule has 0 amide bonds. The van der Waals surface area contributed by atoms with Gasteiger partial charge in [-0.05, 0) is 17.7 Å². The first-order valence-electron chi connectivity index (χ1n) is 5.69. The normalized spacial score (nSPS) is 10.8. The van der Waals surface area contributed by atoms with Crippen molar-refractivity contribution >= 4 is 17.6 Å². The van der Waals surface area contributed by atoms with Gasteiger partial charge in [0.25, 0.3) is 6.43 Å². The van der Waals surface area contributed by atoms with Gasteiger partial charge in [-0.15, -0.1) is 0 Å². The smallest absolute Gasteiger partial charge is 0.341 e. The standard InChI is InChI=1S/C13H11ClF2N2O2/c1-20-13(19)10-7-18(17-11(10)12(15)16)6-8-3-2-4-9(14)5-8/h2-5,7,12H,6H2,1H3. The van der Waals surface area contributed by atoms with Gasteiger partial charge < -0.3 is 4.74 Å². The third-order valence-corrected chi connectivity index (χ3v) is 2.87. The summed E-state index contributed by atoms with van der Waals surface area (Å²) >= 11 is 5.85. The molecule has 0 N–H and O–H groups in total. The summed E-state index contributed by atoms with van der Waals surface area (Å²) in [5.74, 6) is -0.836. The topological polar surface area (TPSA) is 44.1 Å². The number of carbonyl (C=O) groups excluding carboxylic acids is 1. The number of halogens is 3. The van der Waals surface area contributed by atoms with Gasteiger partial charge in [0.2, 0.25) is 0 Å². The van der Waals surface area contributed by atoms with Crippen LogP contribution in [-0.4, -0.2) is 22.9 Å². The zero-order valence-corrected chi connectivity index (χ0v) is 11.3. The third kappa shape index (κ3) is 3.14. The lowest BCUT2D eigenvalue weighted by Gasteiger charge is -2.02.